The number of allylic oxidation sites excluding steroid dienone is 2. The fourth-order valence-corrected chi connectivity index (χ4v) is 4.20. The number of ether oxygens (including phenoxy) is 4. The van der Waals surface area contributed by atoms with E-state index in [2.05, 4.69) is 22.8 Å². The minimum absolute atomic E-state index is 0.0208. The van der Waals surface area contributed by atoms with E-state index in [0.29, 0.717) is 0 Å². The quantitative estimate of drug-likeness (QED) is 0.162. The van der Waals surface area contributed by atoms with E-state index < -0.39 is 11.9 Å². The first-order valence-corrected chi connectivity index (χ1v) is 13.6. The zero-order chi connectivity index (χ0) is 30.0. The summed E-state index contributed by atoms with van der Waals surface area (Å²) >= 11 is 0. The molecule has 0 unspecified atom stereocenters. The molecule has 0 aliphatic carbocycles. The van der Waals surface area contributed by atoms with E-state index in [0.717, 1.165) is 69.4 Å². The molecule has 0 amide bonds. The third-order valence-corrected chi connectivity index (χ3v) is 6.26. The highest BCUT2D eigenvalue weighted by molar-refractivity contribution is 5.95. The highest BCUT2D eigenvalue weighted by Crippen LogP contribution is 2.32. The lowest BCUT2D eigenvalue weighted by atomic mass is 10.1. The number of nitrogens with one attached hydrogen (secondary N) is 2. The van der Waals surface area contributed by atoms with Crippen molar-refractivity contribution in [1.29, 1.82) is 0 Å². The molecule has 0 saturated heterocycles. The minimum Gasteiger partial charge on any atom is -0.496 e. The van der Waals surface area contributed by atoms with Crippen LogP contribution in [0.25, 0.3) is 12.2 Å². The molecule has 10 nitrogen and oxygen atoms in total. The third kappa shape index (κ3) is 10.8. The van der Waals surface area contributed by atoms with Gasteiger partial charge in [0.1, 0.15) is 34.1 Å². The molecular weight excluding hydrogens is 528 g/mol. The van der Waals surface area contributed by atoms with Gasteiger partial charge in [-0.15, -0.1) is 0 Å². The summed E-state index contributed by atoms with van der Waals surface area (Å²) in [4.78, 5) is 22.9. The number of carboxylic acid groups (broad SMARTS) is 2. The molecule has 0 bridgehead atoms. The number of carboxylic acids is 2. The predicted molar refractivity (Wildman–Crippen MR) is 160 cm³/mol. The van der Waals surface area contributed by atoms with Crippen LogP contribution in [-0.2, 0) is 0 Å². The van der Waals surface area contributed by atoms with E-state index in [1.165, 1.54) is 28.4 Å². The monoisotopic (exact) mass is 570 g/mol. The Bertz CT molecular complexity index is 1050. The SMILES string of the molecule is COc1cc(/C=C/CCCNCCCNCCC/C=C/c2cc(OC)c(C(=O)O)c(OC)c2)cc(OC)c1C(=O)O. The largest absolute Gasteiger partial charge is 0.496 e. The van der Waals surface area contributed by atoms with Gasteiger partial charge in [-0.25, -0.2) is 9.59 Å². The Kier molecular flexibility index (Phi) is 14.9. The molecule has 0 aliphatic rings. The maximum atomic E-state index is 11.5. The molecule has 0 spiro atoms. The Balaban J connectivity index is 1.57. The summed E-state index contributed by atoms with van der Waals surface area (Å²) in [6.07, 6.45) is 12.8. The highest BCUT2D eigenvalue weighted by Gasteiger charge is 2.19. The van der Waals surface area contributed by atoms with Crippen molar-refractivity contribution >= 4 is 24.1 Å². The predicted octanol–water partition coefficient (Wildman–Crippen LogP) is 4.97. The Morgan fingerprint density at radius 3 is 1.22 bits per heavy atom. The minimum atomic E-state index is -1.09. The van der Waals surface area contributed by atoms with Gasteiger partial charge in [-0.3, -0.25) is 0 Å². The van der Waals surface area contributed by atoms with Crippen LogP contribution in [0.3, 0.4) is 0 Å². The number of rotatable bonds is 20. The molecule has 0 heterocycles. The number of aromatic carboxylic acids is 2. The molecule has 0 aliphatic heterocycles. The highest BCUT2D eigenvalue weighted by atomic mass is 16.5. The molecule has 2 aromatic carbocycles. The second kappa shape index (κ2) is 18.4. The molecule has 10 heteroatoms. The van der Waals surface area contributed by atoms with Crippen molar-refractivity contribution in [3.63, 3.8) is 0 Å². The van der Waals surface area contributed by atoms with Gasteiger partial charge in [0, 0.05) is 0 Å². The van der Waals surface area contributed by atoms with Crippen molar-refractivity contribution in [1.82, 2.24) is 10.6 Å². The van der Waals surface area contributed by atoms with Crippen molar-refractivity contribution in [2.75, 3.05) is 54.6 Å². The van der Waals surface area contributed by atoms with Gasteiger partial charge in [-0.05, 0) is 93.7 Å². The lowest BCUT2D eigenvalue weighted by molar-refractivity contribution is 0.0678. The van der Waals surface area contributed by atoms with Crippen molar-refractivity contribution in [2.24, 2.45) is 0 Å². The average Bonchev–Trinajstić information content (AvgIpc) is 2.97. The summed E-state index contributed by atoms with van der Waals surface area (Å²) in [7, 11) is 5.77. The maximum absolute atomic E-state index is 11.5. The number of methoxy groups -OCH3 is 4. The molecule has 0 saturated carbocycles. The van der Waals surface area contributed by atoms with Gasteiger partial charge in [-0.2, -0.15) is 0 Å². The summed E-state index contributed by atoms with van der Waals surface area (Å²) in [6, 6.07) is 6.78. The van der Waals surface area contributed by atoms with Crippen LogP contribution in [0.1, 0.15) is 63.9 Å². The standard InChI is InChI=1S/C31H42N2O8/c1-38-24-18-22(19-25(39-2)28(24)30(34)35)12-7-5-9-14-32-16-11-17-33-15-10-6-8-13-23-20-26(40-3)29(31(36)37)27(21-23)41-4/h7-8,12-13,18-21,32-33H,5-6,9-11,14-17H2,1-4H3,(H,34,35)(H,36,37)/b12-7+,13-8+. The number of unbranched alkanes of at least 4 members (excludes halogenated alkanes) is 2. The fourth-order valence-electron chi connectivity index (χ4n) is 4.20. The zero-order valence-corrected chi connectivity index (χ0v) is 24.3. The first kappa shape index (κ1) is 33.2. The van der Waals surface area contributed by atoms with Crippen molar-refractivity contribution in [3.8, 4) is 23.0 Å². The molecule has 0 atom stereocenters. The van der Waals surface area contributed by atoms with Crippen LogP contribution in [0.2, 0.25) is 0 Å². The molecule has 2 rings (SSSR count). The summed E-state index contributed by atoms with van der Waals surface area (Å²) in [5, 5.41) is 25.7. The molecule has 224 valence electrons. The van der Waals surface area contributed by atoms with Crippen LogP contribution in [-0.4, -0.2) is 76.8 Å². The molecule has 2 aromatic rings. The van der Waals surface area contributed by atoms with Gasteiger partial charge in [-0.1, -0.05) is 24.3 Å². The molecule has 0 radical (unpaired) electrons. The van der Waals surface area contributed by atoms with Crippen LogP contribution in [0.5, 0.6) is 23.0 Å². The number of hydrogen-bond acceptors (Lipinski definition) is 8. The number of benzene rings is 2. The third-order valence-electron chi connectivity index (χ3n) is 6.26. The number of hydrogen-bond donors (Lipinski definition) is 4. The van der Waals surface area contributed by atoms with Crippen LogP contribution >= 0.6 is 0 Å². The van der Waals surface area contributed by atoms with Crippen LogP contribution in [0, 0.1) is 0 Å². The smallest absolute Gasteiger partial charge is 0.343 e. The Morgan fingerprint density at radius 1 is 0.610 bits per heavy atom. The van der Waals surface area contributed by atoms with Crippen molar-refractivity contribution in [3.05, 3.63) is 58.7 Å². The van der Waals surface area contributed by atoms with Gasteiger partial charge in [0.2, 0.25) is 0 Å². The Hall–Kier alpha value is -4.02. The van der Waals surface area contributed by atoms with Crippen LogP contribution in [0.4, 0.5) is 0 Å². The Morgan fingerprint density at radius 2 is 0.927 bits per heavy atom. The van der Waals surface area contributed by atoms with Crippen molar-refractivity contribution in [2.45, 2.75) is 32.1 Å². The zero-order valence-electron chi connectivity index (χ0n) is 24.3. The summed E-state index contributed by atoms with van der Waals surface area (Å²) in [5.41, 5.74) is 1.70. The van der Waals surface area contributed by atoms with Crippen LogP contribution in [0.15, 0.2) is 36.4 Å². The van der Waals surface area contributed by atoms with Crippen LogP contribution < -0.4 is 29.6 Å². The average molecular weight is 571 g/mol. The lowest BCUT2D eigenvalue weighted by Gasteiger charge is -2.11. The lowest BCUT2D eigenvalue weighted by Crippen LogP contribution is -2.23. The second-order valence-electron chi connectivity index (χ2n) is 9.15. The van der Waals surface area contributed by atoms with Crippen molar-refractivity contribution < 1.29 is 38.7 Å². The fraction of sp³-hybridized carbons (Fsp3) is 0.419. The molecule has 41 heavy (non-hydrogen) atoms. The van der Waals surface area contributed by atoms with E-state index in [1.54, 1.807) is 24.3 Å². The van der Waals surface area contributed by atoms with E-state index >= 15 is 0 Å². The first-order chi connectivity index (χ1) is 19.9. The summed E-state index contributed by atoms with van der Waals surface area (Å²) < 4.78 is 20.9. The number of carbonyl (C=O) groups is 2. The first-order valence-electron chi connectivity index (χ1n) is 13.6. The normalized spacial score (nSPS) is 11.2. The van der Waals surface area contributed by atoms with Gasteiger partial charge in [0.25, 0.3) is 0 Å². The van der Waals surface area contributed by atoms with Gasteiger partial charge in [0.05, 0.1) is 28.4 Å². The van der Waals surface area contributed by atoms with E-state index in [-0.39, 0.29) is 34.1 Å². The summed E-state index contributed by atoms with van der Waals surface area (Å²) in [5.74, 6) is -1.08. The van der Waals surface area contributed by atoms with Gasteiger partial charge < -0.3 is 39.8 Å². The van der Waals surface area contributed by atoms with E-state index in [1.807, 2.05) is 12.2 Å². The maximum Gasteiger partial charge on any atom is 0.343 e. The topological polar surface area (TPSA) is 136 Å². The molecule has 0 aromatic heterocycles. The molecular formula is C31H42N2O8. The Labute approximate surface area is 242 Å². The van der Waals surface area contributed by atoms with E-state index in [9.17, 15) is 19.8 Å². The van der Waals surface area contributed by atoms with E-state index in [4.69, 9.17) is 18.9 Å². The summed E-state index contributed by atoms with van der Waals surface area (Å²) in [6.45, 7) is 3.72. The second-order valence-corrected chi connectivity index (χ2v) is 9.15. The van der Waals surface area contributed by atoms with Gasteiger partial charge >= 0.3 is 11.9 Å². The van der Waals surface area contributed by atoms with Gasteiger partial charge in [0.15, 0.2) is 0 Å². The molecule has 4 N–H and O–H groups in total. The molecule has 0 fully saturated rings.